The van der Waals surface area contributed by atoms with Crippen LogP contribution >= 0.6 is 0 Å². The van der Waals surface area contributed by atoms with Gasteiger partial charge in [-0.2, -0.15) is 0 Å². The van der Waals surface area contributed by atoms with Crippen molar-refractivity contribution in [2.24, 2.45) is 9.98 Å². The Bertz CT molecular complexity index is 1000. The standard InChI is InChI=1S/C24H29N5O/c1-16(2)23(15-25-6)27-13-18(4)28-19(5)20-8-7-9-22(11-20)29-24(30)21-10-17(3)12-26-14-21/h7-15,19,28H,1H2,2-6H3,(H,29,30)/b18-13+,25-15?,27-23?/t19-/m0/s1. The van der Waals surface area contributed by atoms with Crippen LogP contribution in [0.5, 0.6) is 0 Å². The number of anilines is 1. The van der Waals surface area contributed by atoms with E-state index in [-0.39, 0.29) is 11.9 Å². The number of allylic oxidation sites excluding steroid dienone is 2. The summed E-state index contributed by atoms with van der Waals surface area (Å²) in [6.07, 6.45) is 6.73. The Balaban J connectivity index is 2.09. The Morgan fingerprint density at radius 1 is 1.23 bits per heavy atom. The number of amides is 1. The topological polar surface area (TPSA) is 78.7 Å². The van der Waals surface area contributed by atoms with Crippen LogP contribution in [0.3, 0.4) is 0 Å². The Morgan fingerprint density at radius 2 is 2.00 bits per heavy atom. The van der Waals surface area contributed by atoms with Gasteiger partial charge < -0.3 is 10.6 Å². The summed E-state index contributed by atoms with van der Waals surface area (Å²) in [5, 5.41) is 6.34. The van der Waals surface area contributed by atoms with E-state index in [1.165, 1.54) is 0 Å². The molecule has 1 aromatic carbocycles. The Labute approximate surface area is 178 Å². The molecule has 0 radical (unpaired) electrons. The number of nitrogens with one attached hydrogen (secondary N) is 2. The number of aliphatic imine (C=N–C) groups is 2. The van der Waals surface area contributed by atoms with Crippen LogP contribution in [0.1, 0.15) is 48.3 Å². The van der Waals surface area contributed by atoms with Gasteiger partial charge >= 0.3 is 0 Å². The molecule has 0 bridgehead atoms. The average Bonchev–Trinajstić information content (AvgIpc) is 2.71. The minimum Gasteiger partial charge on any atom is -0.381 e. The molecule has 0 saturated carbocycles. The fraction of sp³-hybridized carbons (Fsp3) is 0.250. The molecule has 2 rings (SSSR count). The van der Waals surface area contributed by atoms with Crippen LogP contribution in [0, 0.1) is 6.92 Å². The van der Waals surface area contributed by atoms with Crippen LogP contribution in [0.2, 0.25) is 0 Å². The van der Waals surface area contributed by atoms with E-state index in [1.807, 2.05) is 51.1 Å². The summed E-state index contributed by atoms with van der Waals surface area (Å²) in [5.74, 6) is -0.181. The second-order valence-corrected chi connectivity index (χ2v) is 7.19. The second kappa shape index (κ2) is 10.9. The lowest BCUT2D eigenvalue weighted by Gasteiger charge is -2.17. The lowest BCUT2D eigenvalue weighted by atomic mass is 10.1. The van der Waals surface area contributed by atoms with Gasteiger partial charge in [0.05, 0.1) is 11.3 Å². The van der Waals surface area contributed by atoms with E-state index in [0.717, 1.165) is 33.8 Å². The first kappa shape index (κ1) is 22.7. The largest absolute Gasteiger partial charge is 0.381 e. The minimum atomic E-state index is -0.181. The third-order valence-corrected chi connectivity index (χ3v) is 4.31. The van der Waals surface area contributed by atoms with Crippen molar-refractivity contribution in [1.82, 2.24) is 10.3 Å². The lowest BCUT2D eigenvalue weighted by molar-refractivity contribution is 0.102. The molecule has 0 unspecified atom stereocenters. The maximum absolute atomic E-state index is 12.5. The Morgan fingerprint density at radius 3 is 2.67 bits per heavy atom. The number of nitrogens with zero attached hydrogens (tertiary/aromatic N) is 3. The number of hydrogen-bond donors (Lipinski definition) is 2. The highest BCUT2D eigenvalue weighted by Gasteiger charge is 2.10. The molecule has 0 aliphatic carbocycles. The molecule has 1 aromatic heterocycles. The minimum absolute atomic E-state index is 0.0297. The monoisotopic (exact) mass is 403 g/mol. The molecular weight excluding hydrogens is 374 g/mol. The van der Waals surface area contributed by atoms with Crippen LogP contribution < -0.4 is 10.6 Å². The van der Waals surface area contributed by atoms with Gasteiger partial charge in [-0.25, -0.2) is 0 Å². The molecule has 6 heteroatoms. The molecule has 0 aliphatic rings. The average molecular weight is 404 g/mol. The molecule has 1 atom stereocenters. The number of aryl methyl sites for hydroxylation is 1. The van der Waals surface area contributed by atoms with Crippen LogP contribution in [-0.4, -0.2) is 29.9 Å². The van der Waals surface area contributed by atoms with Crippen LogP contribution in [0.4, 0.5) is 5.69 Å². The molecule has 0 fully saturated rings. The van der Waals surface area contributed by atoms with E-state index < -0.39 is 0 Å². The number of rotatable bonds is 8. The van der Waals surface area contributed by atoms with Gasteiger partial charge in [-0.1, -0.05) is 18.7 Å². The van der Waals surface area contributed by atoms with Gasteiger partial charge in [-0.05, 0) is 62.6 Å². The number of benzene rings is 1. The number of pyridine rings is 1. The number of carbonyl (C=O) groups is 1. The molecular formula is C24H29N5O. The van der Waals surface area contributed by atoms with E-state index >= 15 is 0 Å². The summed E-state index contributed by atoms with van der Waals surface area (Å²) >= 11 is 0. The smallest absolute Gasteiger partial charge is 0.257 e. The van der Waals surface area contributed by atoms with Gasteiger partial charge in [0.2, 0.25) is 0 Å². The zero-order valence-electron chi connectivity index (χ0n) is 18.2. The Kier molecular flexibility index (Phi) is 8.23. The highest BCUT2D eigenvalue weighted by atomic mass is 16.1. The van der Waals surface area contributed by atoms with Gasteiger partial charge in [-0.3, -0.25) is 19.8 Å². The molecule has 156 valence electrons. The maximum atomic E-state index is 12.5. The normalized spacial score (nSPS) is 13.2. The number of carbonyl (C=O) groups excluding carboxylic acids is 1. The van der Waals surface area contributed by atoms with Crippen molar-refractivity contribution < 1.29 is 4.79 Å². The van der Waals surface area contributed by atoms with Crippen molar-refractivity contribution in [3.63, 3.8) is 0 Å². The fourth-order valence-electron chi connectivity index (χ4n) is 2.77. The molecule has 30 heavy (non-hydrogen) atoms. The Hall–Kier alpha value is -3.54. The van der Waals surface area contributed by atoms with Gasteiger partial charge in [0.25, 0.3) is 5.91 Å². The van der Waals surface area contributed by atoms with Crippen molar-refractivity contribution in [3.05, 3.63) is 83.5 Å². The predicted molar refractivity (Wildman–Crippen MR) is 125 cm³/mol. The quantitative estimate of drug-likeness (QED) is 0.617. The summed E-state index contributed by atoms with van der Waals surface area (Å²) in [7, 11) is 1.70. The predicted octanol–water partition coefficient (Wildman–Crippen LogP) is 4.87. The third kappa shape index (κ3) is 6.81. The SMILES string of the molecule is C=C(C)C(C=NC)=N/C=C(\C)N[C@@H](C)c1cccc(NC(=O)c2cncc(C)c2)c1. The van der Waals surface area contributed by atoms with Crippen molar-refractivity contribution >= 4 is 23.5 Å². The molecule has 2 N–H and O–H groups in total. The molecule has 6 nitrogen and oxygen atoms in total. The van der Waals surface area contributed by atoms with Crippen molar-refractivity contribution in [3.8, 4) is 0 Å². The van der Waals surface area contributed by atoms with Crippen molar-refractivity contribution in [1.29, 1.82) is 0 Å². The number of aromatic nitrogens is 1. The summed E-state index contributed by atoms with van der Waals surface area (Å²) in [6, 6.07) is 9.61. The van der Waals surface area contributed by atoms with Gasteiger partial charge in [0, 0.05) is 49.3 Å². The molecule has 1 amide bonds. The summed E-state index contributed by atoms with van der Waals surface area (Å²) in [5.41, 5.74) is 5.75. The summed E-state index contributed by atoms with van der Waals surface area (Å²) in [4.78, 5) is 25.0. The van der Waals surface area contributed by atoms with Crippen LogP contribution in [-0.2, 0) is 0 Å². The molecule has 1 heterocycles. The number of hydrogen-bond acceptors (Lipinski definition) is 5. The first-order valence-corrected chi connectivity index (χ1v) is 9.72. The highest BCUT2D eigenvalue weighted by molar-refractivity contribution is 6.37. The fourth-order valence-corrected chi connectivity index (χ4v) is 2.77. The maximum Gasteiger partial charge on any atom is 0.257 e. The van der Waals surface area contributed by atoms with E-state index in [4.69, 9.17) is 0 Å². The van der Waals surface area contributed by atoms with Gasteiger partial charge in [-0.15, -0.1) is 0 Å². The summed E-state index contributed by atoms with van der Waals surface area (Å²) < 4.78 is 0. The molecule has 0 spiro atoms. The highest BCUT2D eigenvalue weighted by Crippen LogP contribution is 2.19. The van der Waals surface area contributed by atoms with E-state index in [0.29, 0.717) is 5.56 Å². The van der Waals surface area contributed by atoms with E-state index in [9.17, 15) is 4.79 Å². The van der Waals surface area contributed by atoms with E-state index in [2.05, 4.69) is 39.1 Å². The zero-order valence-corrected chi connectivity index (χ0v) is 18.2. The van der Waals surface area contributed by atoms with Crippen molar-refractivity contribution in [2.75, 3.05) is 12.4 Å². The third-order valence-electron chi connectivity index (χ3n) is 4.31. The van der Waals surface area contributed by atoms with Gasteiger partial charge in [0.1, 0.15) is 0 Å². The lowest BCUT2D eigenvalue weighted by Crippen LogP contribution is -2.17. The van der Waals surface area contributed by atoms with Crippen LogP contribution in [0.25, 0.3) is 0 Å². The van der Waals surface area contributed by atoms with Gasteiger partial charge in [0.15, 0.2) is 0 Å². The van der Waals surface area contributed by atoms with E-state index in [1.54, 1.807) is 31.9 Å². The van der Waals surface area contributed by atoms with Crippen molar-refractivity contribution in [2.45, 2.75) is 33.7 Å². The molecule has 0 aliphatic heterocycles. The van der Waals surface area contributed by atoms with Crippen LogP contribution in [0.15, 0.2) is 76.8 Å². The zero-order chi connectivity index (χ0) is 22.1. The first-order valence-electron chi connectivity index (χ1n) is 9.72. The molecule has 2 aromatic rings. The second-order valence-electron chi connectivity index (χ2n) is 7.19. The first-order chi connectivity index (χ1) is 14.3. The summed E-state index contributed by atoms with van der Waals surface area (Å²) in [6.45, 7) is 11.7. The molecule has 0 saturated heterocycles.